The molecular formula is C24H30O4. The van der Waals surface area contributed by atoms with Crippen LogP contribution in [0.25, 0.3) is 0 Å². The molecule has 150 valence electrons. The first-order valence-electron chi connectivity index (χ1n) is 9.85. The van der Waals surface area contributed by atoms with Crippen LogP contribution in [0.15, 0.2) is 41.5 Å². The molecule has 0 aliphatic carbocycles. The van der Waals surface area contributed by atoms with E-state index in [1.165, 1.54) is 12.0 Å². The fourth-order valence-electron chi connectivity index (χ4n) is 2.90. The van der Waals surface area contributed by atoms with E-state index in [0.29, 0.717) is 30.1 Å². The van der Waals surface area contributed by atoms with Gasteiger partial charge in [-0.15, -0.1) is 6.42 Å². The highest BCUT2D eigenvalue weighted by Crippen LogP contribution is 2.17. The molecule has 1 aromatic rings. The SMILES string of the molecule is C#Cc1cc(C=O)cc(OC/C(C)=C/CC/C(C)=C/COC2CCCCO2)c1. The van der Waals surface area contributed by atoms with Crippen molar-refractivity contribution < 1.29 is 19.0 Å². The van der Waals surface area contributed by atoms with E-state index in [4.69, 9.17) is 20.6 Å². The fraction of sp³-hybridized carbons (Fsp3) is 0.458. The summed E-state index contributed by atoms with van der Waals surface area (Å²) in [6.07, 6.45) is 15.7. The Morgan fingerprint density at radius 3 is 2.82 bits per heavy atom. The number of ether oxygens (including phenoxy) is 3. The minimum atomic E-state index is -0.0372. The van der Waals surface area contributed by atoms with Gasteiger partial charge in [0, 0.05) is 17.7 Å². The number of hydrogen-bond acceptors (Lipinski definition) is 4. The molecule has 1 saturated heterocycles. The van der Waals surface area contributed by atoms with Gasteiger partial charge in [-0.2, -0.15) is 0 Å². The molecule has 1 aliphatic heterocycles. The third-order valence-electron chi connectivity index (χ3n) is 4.58. The first-order chi connectivity index (χ1) is 13.6. The van der Waals surface area contributed by atoms with Crippen LogP contribution in [0.1, 0.15) is 61.9 Å². The molecule has 1 aliphatic rings. The van der Waals surface area contributed by atoms with Crippen LogP contribution in [0.5, 0.6) is 5.75 Å². The van der Waals surface area contributed by atoms with Crippen LogP contribution in [0.2, 0.25) is 0 Å². The van der Waals surface area contributed by atoms with Gasteiger partial charge in [0.1, 0.15) is 18.6 Å². The van der Waals surface area contributed by atoms with Crippen molar-refractivity contribution in [1.82, 2.24) is 0 Å². The zero-order valence-electron chi connectivity index (χ0n) is 16.9. The number of aldehydes is 1. The minimum absolute atomic E-state index is 0.0372. The average molecular weight is 383 g/mol. The molecule has 1 unspecified atom stereocenters. The molecule has 28 heavy (non-hydrogen) atoms. The molecule has 0 N–H and O–H groups in total. The third-order valence-corrected chi connectivity index (χ3v) is 4.58. The lowest BCUT2D eigenvalue weighted by Crippen LogP contribution is -2.22. The van der Waals surface area contributed by atoms with Crippen molar-refractivity contribution in [3.63, 3.8) is 0 Å². The highest BCUT2D eigenvalue weighted by molar-refractivity contribution is 5.76. The predicted molar refractivity (Wildman–Crippen MR) is 112 cm³/mol. The van der Waals surface area contributed by atoms with E-state index in [2.05, 4.69) is 25.0 Å². The van der Waals surface area contributed by atoms with Crippen molar-refractivity contribution in [2.45, 2.75) is 52.2 Å². The Morgan fingerprint density at radius 1 is 1.25 bits per heavy atom. The van der Waals surface area contributed by atoms with E-state index >= 15 is 0 Å². The maximum absolute atomic E-state index is 11.0. The smallest absolute Gasteiger partial charge is 0.157 e. The van der Waals surface area contributed by atoms with Crippen molar-refractivity contribution in [2.24, 2.45) is 0 Å². The molecule has 0 radical (unpaired) electrons. The van der Waals surface area contributed by atoms with Gasteiger partial charge in [-0.05, 0) is 69.7 Å². The standard InChI is InChI=1S/C24H30O4/c1-4-21-14-22(17-25)16-23(15-21)28-18-20(3)9-7-8-19(2)11-13-27-24-10-5-6-12-26-24/h1,9,11,14-17,24H,5-8,10,12-13,18H2,2-3H3/b19-11+,20-9+. The van der Waals surface area contributed by atoms with Gasteiger partial charge < -0.3 is 14.2 Å². The normalized spacial score (nSPS) is 17.8. The van der Waals surface area contributed by atoms with Crippen LogP contribution in [-0.4, -0.2) is 32.4 Å². The number of benzene rings is 1. The van der Waals surface area contributed by atoms with Gasteiger partial charge in [-0.1, -0.05) is 23.6 Å². The van der Waals surface area contributed by atoms with Crippen molar-refractivity contribution in [1.29, 1.82) is 0 Å². The molecule has 1 aromatic carbocycles. The maximum Gasteiger partial charge on any atom is 0.157 e. The zero-order chi connectivity index (χ0) is 20.2. The van der Waals surface area contributed by atoms with Crippen LogP contribution in [0.4, 0.5) is 0 Å². The van der Waals surface area contributed by atoms with E-state index in [1.54, 1.807) is 18.2 Å². The lowest BCUT2D eigenvalue weighted by molar-refractivity contribution is -0.155. The second-order valence-electron chi connectivity index (χ2n) is 7.11. The highest BCUT2D eigenvalue weighted by Gasteiger charge is 2.12. The number of terminal acetylenes is 1. The number of allylic oxidation sites excluding steroid dienone is 2. The first kappa shape index (κ1) is 21.9. The lowest BCUT2D eigenvalue weighted by Gasteiger charge is -2.22. The van der Waals surface area contributed by atoms with Gasteiger partial charge in [-0.25, -0.2) is 0 Å². The minimum Gasteiger partial charge on any atom is -0.489 e. The van der Waals surface area contributed by atoms with Crippen LogP contribution in [0, 0.1) is 12.3 Å². The van der Waals surface area contributed by atoms with Crippen LogP contribution in [-0.2, 0) is 9.47 Å². The molecule has 2 rings (SSSR count). The van der Waals surface area contributed by atoms with Gasteiger partial charge >= 0.3 is 0 Å². The van der Waals surface area contributed by atoms with Crippen LogP contribution in [0.3, 0.4) is 0 Å². The first-order valence-corrected chi connectivity index (χ1v) is 9.85. The van der Waals surface area contributed by atoms with E-state index in [9.17, 15) is 4.79 Å². The largest absolute Gasteiger partial charge is 0.489 e. The Hall–Kier alpha value is -2.35. The summed E-state index contributed by atoms with van der Waals surface area (Å²) in [6, 6.07) is 5.13. The molecule has 1 fully saturated rings. The third kappa shape index (κ3) is 8.12. The van der Waals surface area contributed by atoms with E-state index < -0.39 is 0 Å². The molecule has 0 aromatic heterocycles. The van der Waals surface area contributed by atoms with Gasteiger partial charge in [0.2, 0.25) is 0 Å². The van der Waals surface area contributed by atoms with Crippen molar-refractivity contribution >= 4 is 6.29 Å². The molecule has 0 bridgehead atoms. The summed E-state index contributed by atoms with van der Waals surface area (Å²) in [6.45, 7) is 6.04. The van der Waals surface area contributed by atoms with Crippen molar-refractivity contribution in [3.8, 4) is 18.1 Å². The Kier molecular flexibility index (Phi) is 9.54. The van der Waals surface area contributed by atoms with Gasteiger partial charge in [0.25, 0.3) is 0 Å². The fourth-order valence-corrected chi connectivity index (χ4v) is 2.90. The molecule has 0 spiro atoms. The number of carbonyl (C=O) groups excluding carboxylic acids is 1. The van der Waals surface area contributed by atoms with Crippen molar-refractivity contribution in [3.05, 3.63) is 52.6 Å². The monoisotopic (exact) mass is 382 g/mol. The number of carbonyl (C=O) groups is 1. The molecule has 1 atom stereocenters. The summed E-state index contributed by atoms with van der Waals surface area (Å²) < 4.78 is 17.1. The summed E-state index contributed by atoms with van der Waals surface area (Å²) in [4.78, 5) is 11.0. The Labute approximate surface area is 168 Å². The quantitative estimate of drug-likeness (QED) is 0.322. The van der Waals surface area contributed by atoms with Gasteiger partial charge in [0.15, 0.2) is 6.29 Å². The lowest BCUT2D eigenvalue weighted by atomic mass is 10.1. The molecular weight excluding hydrogens is 352 g/mol. The Balaban J connectivity index is 1.71. The molecule has 4 heteroatoms. The van der Waals surface area contributed by atoms with E-state index in [0.717, 1.165) is 44.1 Å². The average Bonchev–Trinajstić information content (AvgIpc) is 2.72. The highest BCUT2D eigenvalue weighted by atomic mass is 16.7. The summed E-state index contributed by atoms with van der Waals surface area (Å²) in [5.41, 5.74) is 3.60. The zero-order valence-corrected chi connectivity index (χ0v) is 16.9. The van der Waals surface area contributed by atoms with E-state index in [1.807, 2.05) is 6.92 Å². The molecule has 0 amide bonds. The van der Waals surface area contributed by atoms with E-state index in [-0.39, 0.29) is 6.29 Å². The van der Waals surface area contributed by atoms with Crippen molar-refractivity contribution in [2.75, 3.05) is 19.8 Å². The second kappa shape index (κ2) is 12.2. The summed E-state index contributed by atoms with van der Waals surface area (Å²) in [7, 11) is 0. The number of rotatable bonds is 10. The second-order valence-corrected chi connectivity index (χ2v) is 7.11. The Bertz CT molecular complexity index is 733. The summed E-state index contributed by atoms with van der Waals surface area (Å²) >= 11 is 0. The van der Waals surface area contributed by atoms with Gasteiger partial charge in [-0.3, -0.25) is 4.79 Å². The molecule has 4 nitrogen and oxygen atoms in total. The molecule has 0 saturated carbocycles. The Morgan fingerprint density at radius 2 is 2.11 bits per heavy atom. The van der Waals surface area contributed by atoms with Crippen LogP contribution >= 0.6 is 0 Å². The maximum atomic E-state index is 11.0. The molecule has 1 heterocycles. The van der Waals surface area contributed by atoms with Gasteiger partial charge in [0.05, 0.1) is 6.61 Å². The number of hydrogen-bond donors (Lipinski definition) is 0. The summed E-state index contributed by atoms with van der Waals surface area (Å²) in [5.74, 6) is 3.15. The summed E-state index contributed by atoms with van der Waals surface area (Å²) in [5, 5.41) is 0. The topological polar surface area (TPSA) is 44.8 Å². The predicted octanol–water partition coefficient (Wildman–Crippen LogP) is 5.08. The van der Waals surface area contributed by atoms with Crippen LogP contribution < -0.4 is 4.74 Å².